The second-order valence-corrected chi connectivity index (χ2v) is 6.63. The topological polar surface area (TPSA) is 73.2 Å². The molecule has 1 atom stereocenters. The lowest BCUT2D eigenvalue weighted by molar-refractivity contribution is -0.129. The molecule has 0 radical (unpaired) electrons. The maximum atomic E-state index is 12.5. The van der Waals surface area contributed by atoms with Gasteiger partial charge in [0.1, 0.15) is 6.04 Å². The minimum atomic E-state index is -0.647. The summed E-state index contributed by atoms with van der Waals surface area (Å²) >= 11 is 0. The van der Waals surface area contributed by atoms with Crippen molar-refractivity contribution in [2.24, 2.45) is 5.92 Å². The van der Waals surface area contributed by atoms with E-state index in [1.807, 2.05) is 25.2 Å². The third-order valence-corrected chi connectivity index (χ3v) is 4.66. The van der Waals surface area contributed by atoms with E-state index in [9.17, 15) is 9.59 Å². The highest BCUT2D eigenvalue weighted by molar-refractivity contribution is 5.97. The molecule has 0 saturated heterocycles. The zero-order chi connectivity index (χ0) is 17.5. The van der Waals surface area contributed by atoms with Gasteiger partial charge >= 0.3 is 0 Å². The van der Waals surface area contributed by atoms with E-state index in [1.165, 1.54) is 26.3 Å². The van der Waals surface area contributed by atoms with E-state index >= 15 is 0 Å². The number of amides is 2. The lowest BCUT2D eigenvalue weighted by Crippen LogP contribution is -2.47. The van der Waals surface area contributed by atoms with Crippen LogP contribution in [0.2, 0.25) is 0 Å². The lowest BCUT2D eigenvalue weighted by Gasteiger charge is -2.27. The van der Waals surface area contributed by atoms with Crippen LogP contribution in [0, 0.1) is 24.3 Å². The summed E-state index contributed by atoms with van der Waals surface area (Å²) in [6.07, 6.45) is 8.19. The van der Waals surface area contributed by atoms with Crippen molar-refractivity contribution in [1.29, 1.82) is 5.26 Å². The van der Waals surface area contributed by atoms with E-state index in [-0.39, 0.29) is 11.8 Å². The molecular formula is C19H25N3O2. The number of likely N-dealkylation sites (N-methyl/N-ethyl adjacent to an activating group) is 1. The predicted octanol–water partition coefficient (Wildman–Crippen LogP) is 3.00. The standard InChI is InChI=1S/C19H25N3O2/c1-14-7-6-10-16(11-14)18(23)21-17(19(24)22(2)13-20)12-15-8-4-3-5-9-15/h6-7,10-11,15,17H,3-5,8-9,12H2,1-2H3,(H,21,23)/t17-/m0/s1. The van der Waals surface area contributed by atoms with Crippen LogP contribution in [-0.4, -0.2) is 29.8 Å². The highest BCUT2D eigenvalue weighted by atomic mass is 16.2. The number of hydrogen-bond acceptors (Lipinski definition) is 3. The molecule has 1 aromatic rings. The summed E-state index contributed by atoms with van der Waals surface area (Å²) in [6.45, 7) is 1.92. The Balaban J connectivity index is 2.10. The highest BCUT2D eigenvalue weighted by Crippen LogP contribution is 2.27. The molecule has 1 aromatic carbocycles. The molecule has 1 saturated carbocycles. The quantitative estimate of drug-likeness (QED) is 0.667. The van der Waals surface area contributed by atoms with Crippen molar-refractivity contribution in [1.82, 2.24) is 10.2 Å². The molecule has 2 rings (SSSR count). The minimum Gasteiger partial charge on any atom is -0.340 e. The molecule has 1 fully saturated rings. The number of hydrogen-bond donors (Lipinski definition) is 1. The molecule has 5 heteroatoms. The summed E-state index contributed by atoms with van der Waals surface area (Å²) in [6, 6.07) is 6.63. The average molecular weight is 327 g/mol. The van der Waals surface area contributed by atoms with Gasteiger partial charge in [0.25, 0.3) is 11.8 Å². The monoisotopic (exact) mass is 327 g/mol. The summed E-state index contributed by atoms with van der Waals surface area (Å²) in [5.74, 6) is -0.180. The molecule has 5 nitrogen and oxygen atoms in total. The summed E-state index contributed by atoms with van der Waals surface area (Å²) in [7, 11) is 1.44. The normalized spacial score (nSPS) is 16.0. The van der Waals surface area contributed by atoms with Crippen LogP contribution in [0.5, 0.6) is 0 Å². The molecule has 1 N–H and O–H groups in total. The van der Waals surface area contributed by atoms with E-state index in [4.69, 9.17) is 5.26 Å². The molecule has 1 aliphatic carbocycles. The van der Waals surface area contributed by atoms with E-state index in [1.54, 1.807) is 12.1 Å². The first-order valence-electron chi connectivity index (χ1n) is 8.56. The first-order chi connectivity index (χ1) is 11.5. The second kappa shape index (κ2) is 8.49. The molecule has 2 amide bonds. The van der Waals surface area contributed by atoms with Crippen molar-refractivity contribution in [2.75, 3.05) is 7.05 Å². The second-order valence-electron chi connectivity index (χ2n) is 6.63. The van der Waals surface area contributed by atoms with Gasteiger partial charge in [-0.15, -0.1) is 0 Å². The maximum Gasteiger partial charge on any atom is 0.257 e. The van der Waals surface area contributed by atoms with E-state index in [2.05, 4.69) is 5.32 Å². The third-order valence-electron chi connectivity index (χ3n) is 4.66. The Bertz CT molecular complexity index is 630. The summed E-state index contributed by atoms with van der Waals surface area (Å²) in [5.41, 5.74) is 1.53. The van der Waals surface area contributed by atoms with E-state index in [0.717, 1.165) is 23.3 Å². The number of nitrogens with one attached hydrogen (secondary N) is 1. The molecular weight excluding hydrogens is 302 g/mol. The van der Waals surface area contributed by atoms with Gasteiger partial charge in [-0.1, -0.05) is 49.8 Å². The Kier molecular flexibility index (Phi) is 6.36. The zero-order valence-electron chi connectivity index (χ0n) is 14.4. The summed E-state index contributed by atoms with van der Waals surface area (Å²) in [5, 5.41) is 11.8. The SMILES string of the molecule is Cc1cccc(C(=O)N[C@@H](CC2CCCCC2)C(=O)N(C)C#N)c1. The van der Waals surface area contributed by atoms with Crippen LogP contribution in [0.25, 0.3) is 0 Å². The van der Waals surface area contributed by atoms with Crippen molar-refractivity contribution in [3.63, 3.8) is 0 Å². The zero-order valence-corrected chi connectivity index (χ0v) is 14.4. The maximum absolute atomic E-state index is 12.5. The molecule has 128 valence electrons. The van der Waals surface area contributed by atoms with Crippen LogP contribution >= 0.6 is 0 Å². The van der Waals surface area contributed by atoms with Gasteiger partial charge < -0.3 is 5.32 Å². The van der Waals surface area contributed by atoms with Gasteiger partial charge in [0.15, 0.2) is 6.19 Å². The van der Waals surface area contributed by atoms with Gasteiger partial charge in [-0.2, -0.15) is 5.26 Å². The van der Waals surface area contributed by atoms with E-state index in [0.29, 0.717) is 17.9 Å². The molecule has 0 aliphatic heterocycles. The molecule has 0 spiro atoms. The van der Waals surface area contributed by atoms with Gasteiger partial charge in [0.05, 0.1) is 0 Å². The number of carbonyl (C=O) groups excluding carboxylic acids is 2. The number of rotatable bonds is 5. The summed E-state index contributed by atoms with van der Waals surface area (Å²) < 4.78 is 0. The van der Waals surface area contributed by atoms with Crippen molar-refractivity contribution >= 4 is 11.8 Å². The van der Waals surface area contributed by atoms with Crippen molar-refractivity contribution in [3.8, 4) is 6.19 Å². The number of nitrogens with zero attached hydrogens (tertiary/aromatic N) is 2. The largest absolute Gasteiger partial charge is 0.340 e. The Morgan fingerprint density at radius 3 is 2.67 bits per heavy atom. The number of benzene rings is 1. The van der Waals surface area contributed by atoms with Gasteiger partial charge in [-0.25, -0.2) is 0 Å². The first kappa shape index (κ1) is 18.0. The van der Waals surface area contributed by atoms with Crippen LogP contribution in [0.4, 0.5) is 0 Å². The van der Waals surface area contributed by atoms with Crippen LogP contribution < -0.4 is 5.32 Å². The molecule has 24 heavy (non-hydrogen) atoms. The average Bonchev–Trinajstić information content (AvgIpc) is 2.60. The minimum absolute atomic E-state index is 0.265. The number of carbonyl (C=O) groups is 2. The van der Waals surface area contributed by atoms with Gasteiger partial charge in [0, 0.05) is 12.6 Å². The number of nitriles is 1. The van der Waals surface area contributed by atoms with Gasteiger partial charge in [-0.3, -0.25) is 14.5 Å². The fourth-order valence-corrected chi connectivity index (χ4v) is 3.29. The Morgan fingerprint density at radius 2 is 2.04 bits per heavy atom. The molecule has 0 aromatic heterocycles. The lowest BCUT2D eigenvalue weighted by atomic mass is 9.84. The van der Waals surface area contributed by atoms with Crippen molar-refractivity contribution in [3.05, 3.63) is 35.4 Å². The van der Waals surface area contributed by atoms with Crippen LogP contribution in [0.15, 0.2) is 24.3 Å². The number of aryl methyl sites for hydroxylation is 1. The molecule has 1 aliphatic rings. The predicted molar refractivity (Wildman–Crippen MR) is 92.0 cm³/mol. The Labute approximate surface area is 143 Å². The van der Waals surface area contributed by atoms with Crippen LogP contribution in [0.3, 0.4) is 0 Å². The highest BCUT2D eigenvalue weighted by Gasteiger charge is 2.28. The molecule has 0 heterocycles. The van der Waals surface area contributed by atoms with Crippen LogP contribution in [0.1, 0.15) is 54.4 Å². The fourth-order valence-electron chi connectivity index (χ4n) is 3.29. The summed E-state index contributed by atoms with van der Waals surface area (Å²) in [4.78, 5) is 26.0. The third kappa shape index (κ3) is 4.82. The van der Waals surface area contributed by atoms with Crippen molar-refractivity contribution in [2.45, 2.75) is 51.5 Å². The Morgan fingerprint density at radius 1 is 1.33 bits per heavy atom. The van der Waals surface area contributed by atoms with E-state index < -0.39 is 6.04 Å². The molecule has 0 unspecified atom stereocenters. The van der Waals surface area contributed by atoms with Crippen LogP contribution in [-0.2, 0) is 4.79 Å². The fraction of sp³-hybridized carbons (Fsp3) is 0.526. The first-order valence-corrected chi connectivity index (χ1v) is 8.56. The molecule has 0 bridgehead atoms. The Hall–Kier alpha value is -2.35. The smallest absolute Gasteiger partial charge is 0.257 e. The van der Waals surface area contributed by atoms with Gasteiger partial charge in [0.2, 0.25) is 0 Å². The van der Waals surface area contributed by atoms with Crippen molar-refractivity contribution < 1.29 is 9.59 Å². The van der Waals surface area contributed by atoms with Gasteiger partial charge in [-0.05, 0) is 31.4 Å².